The maximum absolute atomic E-state index is 3.73. The summed E-state index contributed by atoms with van der Waals surface area (Å²) in [6.07, 6.45) is 6.37. The second-order valence-electron chi connectivity index (χ2n) is 7.18. The fourth-order valence-electron chi connectivity index (χ4n) is 4.50. The molecule has 1 aliphatic rings. The Kier molecular flexibility index (Phi) is 3.05. The highest BCUT2D eigenvalue weighted by Crippen LogP contribution is 2.45. The molecule has 120 valence electrons. The number of aromatic nitrogens is 2. The highest BCUT2D eigenvalue weighted by Gasteiger charge is 2.38. The van der Waals surface area contributed by atoms with E-state index >= 15 is 0 Å². The number of hydrogen-bond acceptors (Lipinski definition) is 0. The van der Waals surface area contributed by atoms with E-state index in [1.54, 1.807) is 0 Å². The van der Waals surface area contributed by atoms with E-state index in [1.165, 1.54) is 65.3 Å². The molecule has 0 amide bonds. The summed E-state index contributed by atoms with van der Waals surface area (Å²) < 4.78 is 0. The first-order valence-electron chi connectivity index (χ1n) is 9.02. The Morgan fingerprint density at radius 1 is 0.625 bits per heavy atom. The zero-order valence-electron chi connectivity index (χ0n) is 13.8. The minimum absolute atomic E-state index is 0.0935. The van der Waals surface area contributed by atoms with Gasteiger partial charge in [0, 0.05) is 22.4 Å². The van der Waals surface area contributed by atoms with Gasteiger partial charge in [0.15, 0.2) is 0 Å². The van der Waals surface area contributed by atoms with Crippen molar-refractivity contribution in [2.45, 2.75) is 37.5 Å². The van der Waals surface area contributed by atoms with Gasteiger partial charge in [0.05, 0.1) is 5.41 Å². The van der Waals surface area contributed by atoms with Crippen LogP contribution in [-0.4, -0.2) is 9.97 Å². The minimum Gasteiger partial charge on any atom is -0.358 e. The van der Waals surface area contributed by atoms with Crippen LogP contribution in [0.5, 0.6) is 0 Å². The summed E-state index contributed by atoms with van der Waals surface area (Å²) in [6, 6.07) is 22.0. The summed E-state index contributed by atoms with van der Waals surface area (Å²) in [5.74, 6) is 0. The lowest BCUT2D eigenvalue weighted by molar-refractivity contribution is 0.334. The van der Waals surface area contributed by atoms with Gasteiger partial charge in [0.25, 0.3) is 0 Å². The van der Waals surface area contributed by atoms with Crippen LogP contribution in [-0.2, 0) is 5.41 Å². The van der Waals surface area contributed by atoms with Gasteiger partial charge in [0.1, 0.15) is 0 Å². The van der Waals surface area contributed by atoms with Gasteiger partial charge in [-0.2, -0.15) is 0 Å². The molecule has 0 radical (unpaired) electrons. The molecule has 1 saturated carbocycles. The third kappa shape index (κ3) is 2.02. The molecular formula is C22H22N2. The van der Waals surface area contributed by atoms with Gasteiger partial charge in [-0.3, -0.25) is 0 Å². The van der Waals surface area contributed by atoms with Crippen LogP contribution in [0.2, 0.25) is 0 Å². The molecule has 4 aromatic rings. The van der Waals surface area contributed by atoms with Crippen molar-refractivity contribution in [3.05, 3.63) is 72.1 Å². The first kappa shape index (κ1) is 13.9. The molecule has 0 bridgehead atoms. The lowest BCUT2D eigenvalue weighted by Gasteiger charge is -2.36. The van der Waals surface area contributed by atoms with Crippen molar-refractivity contribution in [2.24, 2.45) is 0 Å². The third-order valence-electron chi connectivity index (χ3n) is 5.80. The van der Waals surface area contributed by atoms with Crippen molar-refractivity contribution in [1.82, 2.24) is 9.97 Å². The fraction of sp³-hybridized carbons (Fsp3) is 0.273. The molecule has 0 atom stereocenters. The molecule has 0 unspecified atom stereocenters. The van der Waals surface area contributed by atoms with Crippen molar-refractivity contribution >= 4 is 21.8 Å². The molecule has 2 N–H and O–H groups in total. The highest BCUT2D eigenvalue weighted by molar-refractivity contribution is 5.83. The molecular weight excluding hydrogens is 292 g/mol. The molecule has 0 saturated heterocycles. The lowest BCUT2D eigenvalue weighted by atomic mass is 9.69. The Balaban J connectivity index is 1.72. The van der Waals surface area contributed by atoms with E-state index in [2.05, 4.69) is 70.6 Å². The van der Waals surface area contributed by atoms with Gasteiger partial charge in [-0.25, -0.2) is 0 Å². The third-order valence-corrected chi connectivity index (χ3v) is 5.80. The molecule has 2 aromatic heterocycles. The predicted octanol–water partition coefficient (Wildman–Crippen LogP) is 5.90. The average Bonchev–Trinajstić information content (AvgIpc) is 3.26. The smallest absolute Gasteiger partial charge is 0.0504 e. The first-order valence-corrected chi connectivity index (χ1v) is 9.02. The number of H-pyrrole nitrogens is 2. The minimum atomic E-state index is 0.0935. The number of fused-ring (bicyclic) bond motifs is 2. The van der Waals surface area contributed by atoms with Crippen LogP contribution in [0.4, 0.5) is 0 Å². The zero-order valence-corrected chi connectivity index (χ0v) is 13.8. The van der Waals surface area contributed by atoms with Crippen LogP contribution >= 0.6 is 0 Å². The van der Waals surface area contributed by atoms with Gasteiger partial charge >= 0.3 is 0 Å². The quantitative estimate of drug-likeness (QED) is 0.462. The topological polar surface area (TPSA) is 31.6 Å². The van der Waals surface area contributed by atoms with Gasteiger partial charge in [-0.15, -0.1) is 0 Å². The summed E-state index contributed by atoms with van der Waals surface area (Å²) in [4.78, 5) is 7.46. The fourth-order valence-corrected chi connectivity index (χ4v) is 4.50. The molecule has 24 heavy (non-hydrogen) atoms. The summed E-state index contributed by atoms with van der Waals surface area (Å²) in [6.45, 7) is 0. The summed E-state index contributed by atoms with van der Waals surface area (Å²) >= 11 is 0. The van der Waals surface area contributed by atoms with Gasteiger partial charge in [0.2, 0.25) is 0 Å². The van der Waals surface area contributed by atoms with E-state index in [4.69, 9.17) is 0 Å². The van der Waals surface area contributed by atoms with Crippen molar-refractivity contribution < 1.29 is 0 Å². The first-order chi connectivity index (χ1) is 11.9. The maximum Gasteiger partial charge on any atom is 0.0504 e. The molecule has 2 heterocycles. The Bertz CT molecular complexity index is 857. The van der Waals surface area contributed by atoms with E-state index in [0.29, 0.717) is 0 Å². The molecule has 2 nitrogen and oxygen atoms in total. The maximum atomic E-state index is 3.73. The Hall–Kier alpha value is -2.48. The van der Waals surface area contributed by atoms with E-state index in [0.717, 1.165) is 0 Å². The average molecular weight is 314 g/mol. The molecule has 0 aliphatic heterocycles. The van der Waals surface area contributed by atoms with Crippen molar-refractivity contribution in [2.75, 3.05) is 0 Å². The summed E-state index contributed by atoms with van der Waals surface area (Å²) in [5.41, 5.74) is 5.32. The SMILES string of the molecule is c1ccc2[nH]c(C3(c4cc5ccccc5[nH]4)CCCCC3)cc2c1. The normalized spacial score (nSPS) is 17.5. The number of hydrogen-bond donors (Lipinski definition) is 2. The van der Waals surface area contributed by atoms with Gasteiger partial charge in [-0.1, -0.05) is 55.7 Å². The van der Waals surface area contributed by atoms with Crippen molar-refractivity contribution in [3.63, 3.8) is 0 Å². The van der Waals surface area contributed by atoms with E-state index in [-0.39, 0.29) is 5.41 Å². The highest BCUT2D eigenvalue weighted by atomic mass is 14.8. The number of benzene rings is 2. The molecule has 2 aromatic carbocycles. The molecule has 1 fully saturated rings. The van der Waals surface area contributed by atoms with Gasteiger partial charge in [-0.05, 0) is 47.9 Å². The zero-order chi connectivity index (χ0) is 16.0. The predicted molar refractivity (Wildman–Crippen MR) is 100 cm³/mol. The lowest BCUT2D eigenvalue weighted by Crippen LogP contribution is -2.31. The van der Waals surface area contributed by atoms with Gasteiger partial charge < -0.3 is 9.97 Å². The molecule has 5 rings (SSSR count). The largest absolute Gasteiger partial charge is 0.358 e. The van der Waals surface area contributed by atoms with Crippen molar-refractivity contribution in [1.29, 1.82) is 0 Å². The van der Waals surface area contributed by atoms with Crippen LogP contribution < -0.4 is 0 Å². The van der Waals surface area contributed by atoms with E-state index < -0.39 is 0 Å². The Morgan fingerprint density at radius 3 is 1.62 bits per heavy atom. The van der Waals surface area contributed by atoms with Crippen LogP contribution in [0, 0.1) is 0 Å². The van der Waals surface area contributed by atoms with Crippen LogP contribution in [0.25, 0.3) is 21.8 Å². The number of aromatic amines is 2. The second-order valence-corrected chi connectivity index (χ2v) is 7.18. The Morgan fingerprint density at radius 2 is 1.12 bits per heavy atom. The van der Waals surface area contributed by atoms with Crippen LogP contribution in [0.15, 0.2) is 60.7 Å². The molecule has 1 aliphatic carbocycles. The van der Waals surface area contributed by atoms with Crippen molar-refractivity contribution in [3.8, 4) is 0 Å². The number of para-hydroxylation sites is 2. The number of rotatable bonds is 2. The second kappa shape index (κ2) is 5.27. The summed E-state index contributed by atoms with van der Waals surface area (Å²) in [5, 5.41) is 2.63. The number of nitrogens with one attached hydrogen (secondary N) is 2. The van der Waals surface area contributed by atoms with E-state index in [1.807, 2.05) is 0 Å². The van der Waals surface area contributed by atoms with E-state index in [9.17, 15) is 0 Å². The van der Waals surface area contributed by atoms with Crippen LogP contribution in [0.3, 0.4) is 0 Å². The monoisotopic (exact) mass is 314 g/mol. The Labute approximate surface area is 141 Å². The van der Waals surface area contributed by atoms with Crippen LogP contribution in [0.1, 0.15) is 43.5 Å². The molecule has 2 heteroatoms. The summed E-state index contributed by atoms with van der Waals surface area (Å²) in [7, 11) is 0. The molecule has 0 spiro atoms. The standard InChI is InChI=1S/C22H22N2/c1-6-12-22(13-7-1,20-14-16-8-2-4-10-18(16)23-20)21-15-17-9-3-5-11-19(17)24-21/h2-5,8-11,14-15,23-24H,1,6-7,12-13H2.